The van der Waals surface area contributed by atoms with Crippen LogP contribution in [-0.4, -0.2) is 27.0 Å². The topological polar surface area (TPSA) is 79.3 Å². The molecule has 6 heteroatoms. The Hall–Kier alpha value is -2.89. The summed E-state index contributed by atoms with van der Waals surface area (Å²) in [6, 6.07) is 11.3. The second-order valence-corrected chi connectivity index (χ2v) is 5.46. The van der Waals surface area contributed by atoms with Gasteiger partial charge in [-0.3, -0.25) is 14.7 Å². The van der Waals surface area contributed by atoms with Crippen LogP contribution < -0.4 is 10.9 Å². The lowest BCUT2D eigenvalue weighted by molar-refractivity contribution is -0.118. The van der Waals surface area contributed by atoms with Crippen LogP contribution in [-0.2, 0) is 11.2 Å². The summed E-state index contributed by atoms with van der Waals surface area (Å²) in [7, 11) is 0. The molecule has 3 rings (SSSR count). The lowest BCUT2D eigenvalue weighted by atomic mass is 10.1. The highest BCUT2D eigenvalue weighted by Gasteiger charge is 2.14. The fourth-order valence-corrected chi connectivity index (χ4v) is 2.64. The Balaban J connectivity index is 2.07. The summed E-state index contributed by atoms with van der Waals surface area (Å²) in [6.07, 6.45) is 0.518. The molecule has 0 bridgehead atoms. The molecule has 23 heavy (non-hydrogen) atoms. The van der Waals surface area contributed by atoms with Gasteiger partial charge in [0.05, 0.1) is 5.69 Å². The molecule has 0 atom stereocenters. The lowest BCUT2D eigenvalue weighted by Gasteiger charge is -2.04. The zero-order chi connectivity index (χ0) is 16.4. The highest BCUT2D eigenvalue weighted by atomic mass is 16.1. The van der Waals surface area contributed by atoms with Crippen LogP contribution in [0.25, 0.3) is 16.8 Å². The Morgan fingerprint density at radius 1 is 1.30 bits per heavy atom. The van der Waals surface area contributed by atoms with Crippen molar-refractivity contribution in [1.82, 2.24) is 19.9 Å². The van der Waals surface area contributed by atoms with E-state index >= 15 is 0 Å². The average Bonchev–Trinajstić information content (AvgIpc) is 2.84. The van der Waals surface area contributed by atoms with Gasteiger partial charge >= 0.3 is 0 Å². The van der Waals surface area contributed by atoms with Gasteiger partial charge in [-0.25, -0.2) is 9.50 Å². The predicted molar refractivity (Wildman–Crippen MR) is 88.4 cm³/mol. The Kier molecular flexibility index (Phi) is 3.97. The summed E-state index contributed by atoms with van der Waals surface area (Å²) in [5, 5.41) is 5.78. The number of nitrogens with one attached hydrogen (secondary N) is 2. The summed E-state index contributed by atoms with van der Waals surface area (Å²) in [6.45, 7) is 3.85. The first-order valence-corrected chi connectivity index (χ1v) is 7.47. The van der Waals surface area contributed by atoms with Crippen LogP contribution >= 0.6 is 0 Å². The van der Waals surface area contributed by atoms with Gasteiger partial charge in [0.15, 0.2) is 5.65 Å². The summed E-state index contributed by atoms with van der Waals surface area (Å²) >= 11 is 0. The molecule has 0 aliphatic heterocycles. The van der Waals surface area contributed by atoms with Crippen LogP contribution in [0.5, 0.6) is 0 Å². The maximum atomic E-state index is 12.3. The third kappa shape index (κ3) is 3.01. The van der Waals surface area contributed by atoms with E-state index in [9.17, 15) is 9.59 Å². The molecule has 2 N–H and O–H groups in total. The smallest absolute Gasteiger partial charge is 0.272 e. The second-order valence-electron chi connectivity index (χ2n) is 5.46. The maximum absolute atomic E-state index is 12.3. The van der Waals surface area contributed by atoms with E-state index in [1.54, 1.807) is 0 Å². The van der Waals surface area contributed by atoms with Gasteiger partial charge in [0, 0.05) is 37.2 Å². The molecule has 0 aliphatic rings. The number of nitrogens with zero attached hydrogens (tertiary/aromatic N) is 2. The molecule has 0 unspecified atom stereocenters. The number of rotatable bonds is 4. The molecule has 2 aromatic heterocycles. The zero-order valence-electron chi connectivity index (χ0n) is 13.1. The van der Waals surface area contributed by atoms with Crippen LogP contribution in [0.3, 0.4) is 0 Å². The number of benzene rings is 1. The SMILES string of the molecule is CC(=O)NCCc1cc(=O)n2[nH]c(C)c(-c3ccccc3)c2n1. The molecule has 0 spiro atoms. The van der Waals surface area contributed by atoms with Crippen LogP contribution in [0.1, 0.15) is 18.3 Å². The summed E-state index contributed by atoms with van der Waals surface area (Å²) in [5.74, 6) is -0.0923. The molecule has 0 radical (unpaired) electrons. The van der Waals surface area contributed by atoms with Crippen LogP contribution in [0.4, 0.5) is 0 Å². The van der Waals surface area contributed by atoms with E-state index in [2.05, 4.69) is 15.4 Å². The summed E-state index contributed by atoms with van der Waals surface area (Å²) in [4.78, 5) is 27.9. The van der Waals surface area contributed by atoms with Crippen molar-refractivity contribution in [3.63, 3.8) is 0 Å². The Morgan fingerprint density at radius 2 is 2.04 bits per heavy atom. The lowest BCUT2D eigenvalue weighted by Crippen LogP contribution is -2.24. The van der Waals surface area contributed by atoms with Crippen molar-refractivity contribution in [3.05, 3.63) is 58.1 Å². The van der Waals surface area contributed by atoms with Crippen molar-refractivity contribution in [3.8, 4) is 11.1 Å². The van der Waals surface area contributed by atoms with Gasteiger partial charge < -0.3 is 5.32 Å². The van der Waals surface area contributed by atoms with Crippen LogP contribution in [0.15, 0.2) is 41.2 Å². The van der Waals surface area contributed by atoms with E-state index in [1.807, 2.05) is 37.3 Å². The first kappa shape index (κ1) is 15.0. The number of fused-ring (bicyclic) bond motifs is 1. The quantitative estimate of drug-likeness (QED) is 0.769. The van der Waals surface area contributed by atoms with Gasteiger partial charge in [-0.1, -0.05) is 30.3 Å². The third-order valence-electron chi connectivity index (χ3n) is 3.67. The standard InChI is InChI=1S/C17H18N4O2/c1-11-16(13-6-4-3-5-7-13)17-19-14(8-9-18-12(2)22)10-15(23)21(17)20-11/h3-7,10,20H,8-9H2,1-2H3,(H,18,22). The molecule has 6 nitrogen and oxygen atoms in total. The fourth-order valence-electron chi connectivity index (χ4n) is 2.64. The van der Waals surface area contributed by atoms with Gasteiger partial charge in [-0.15, -0.1) is 0 Å². The summed E-state index contributed by atoms with van der Waals surface area (Å²) < 4.78 is 1.46. The molecule has 0 saturated heterocycles. The predicted octanol–water partition coefficient (Wildman–Crippen LogP) is 1.68. The van der Waals surface area contributed by atoms with E-state index < -0.39 is 0 Å². The first-order valence-electron chi connectivity index (χ1n) is 7.47. The van der Waals surface area contributed by atoms with Crippen molar-refractivity contribution >= 4 is 11.6 Å². The van der Waals surface area contributed by atoms with Crippen LogP contribution in [0, 0.1) is 6.92 Å². The molecule has 2 heterocycles. The highest BCUT2D eigenvalue weighted by molar-refractivity contribution is 5.79. The Morgan fingerprint density at radius 3 is 2.74 bits per heavy atom. The minimum absolute atomic E-state index is 0.0923. The number of aromatic nitrogens is 3. The van der Waals surface area contributed by atoms with E-state index in [1.165, 1.54) is 17.5 Å². The van der Waals surface area contributed by atoms with Gasteiger partial charge in [0.2, 0.25) is 5.91 Å². The number of aryl methyl sites for hydroxylation is 1. The molecular formula is C17H18N4O2. The number of carbonyl (C=O) groups is 1. The molecule has 0 fully saturated rings. The highest BCUT2D eigenvalue weighted by Crippen LogP contribution is 2.26. The minimum atomic E-state index is -0.155. The number of hydrogen-bond donors (Lipinski definition) is 2. The first-order chi connectivity index (χ1) is 11.1. The minimum Gasteiger partial charge on any atom is -0.356 e. The van der Waals surface area contributed by atoms with Crippen molar-refractivity contribution in [2.75, 3.05) is 6.54 Å². The molecule has 1 aromatic carbocycles. The van der Waals surface area contributed by atoms with Crippen molar-refractivity contribution in [2.45, 2.75) is 20.3 Å². The van der Waals surface area contributed by atoms with Crippen molar-refractivity contribution < 1.29 is 4.79 Å². The molecule has 0 aliphatic carbocycles. The average molecular weight is 310 g/mol. The largest absolute Gasteiger partial charge is 0.356 e. The zero-order valence-corrected chi connectivity index (χ0v) is 13.1. The fraction of sp³-hybridized carbons (Fsp3) is 0.235. The van der Waals surface area contributed by atoms with Crippen molar-refractivity contribution in [2.24, 2.45) is 0 Å². The maximum Gasteiger partial charge on any atom is 0.272 e. The number of hydrogen-bond acceptors (Lipinski definition) is 3. The normalized spacial score (nSPS) is 10.9. The number of H-pyrrole nitrogens is 1. The Labute approximate surface area is 133 Å². The monoisotopic (exact) mass is 310 g/mol. The van der Waals surface area contributed by atoms with Gasteiger partial charge in [0.1, 0.15) is 0 Å². The van der Waals surface area contributed by atoms with Gasteiger partial charge in [0.25, 0.3) is 5.56 Å². The number of carbonyl (C=O) groups excluding carboxylic acids is 1. The Bertz CT molecular complexity index is 909. The second kappa shape index (κ2) is 6.08. The third-order valence-corrected chi connectivity index (χ3v) is 3.67. The molecule has 1 amide bonds. The van der Waals surface area contributed by atoms with Gasteiger partial charge in [-0.2, -0.15) is 0 Å². The number of aromatic amines is 1. The number of amides is 1. The van der Waals surface area contributed by atoms with E-state index in [4.69, 9.17) is 0 Å². The molecule has 3 aromatic rings. The summed E-state index contributed by atoms with van der Waals surface area (Å²) in [5.41, 5.74) is 3.94. The van der Waals surface area contributed by atoms with E-state index in [-0.39, 0.29) is 11.5 Å². The van der Waals surface area contributed by atoms with Crippen LogP contribution in [0.2, 0.25) is 0 Å². The van der Waals surface area contributed by atoms with E-state index in [0.717, 1.165) is 16.8 Å². The molecular weight excluding hydrogens is 292 g/mol. The molecule has 118 valence electrons. The van der Waals surface area contributed by atoms with E-state index in [0.29, 0.717) is 24.3 Å². The van der Waals surface area contributed by atoms with Crippen molar-refractivity contribution in [1.29, 1.82) is 0 Å². The molecule has 0 saturated carbocycles. The van der Waals surface area contributed by atoms with Gasteiger partial charge in [-0.05, 0) is 12.5 Å².